The third-order valence-corrected chi connectivity index (χ3v) is 5.70. The van der Waals surface area contributed by atoms with Gasteiger partial charge in [-0.25, -0.2) is 14.5 Å². The number of rotatable bonds is 3. The molecule has 0 bridgehead atoms. The molecule has 2 aromatic carbocycles. The lowest BCUT2D eigenvalue weighted by molar-refractivity contribution is 0.947. The van der Waals surface area contributed by atoms with Crippen molar-refractivity contribution in [2.75, 3.05) is 11.1 Å². The normalized spacial score (nSPS) is 11.0. The number of nitrogen functional groups attached to an aromatic ring is 1. The monoisotopic (exact) mass is 417 g/mol. The molecule has 0 atom stereocenters. The molecule has 0 fully saturated rings. The van der Waals surface area contributed by atoms with Crippen LogP contribution in [0.4, 0.5) is 17.3 Å². The minimum Gasteiger partial charge on any atom is -0.383 e. The fourth-order valence-corrected chi connectivity index (χ4v) is 4.11. The predicted molar refractivity (Wildman–Crippen MR) is 115 cm³/mol. The zero-order valence-corrected chi connectivity index (χ0v) is 16.4. The molecule has 3 heterocycles. The Morgan fingerprint density at radius 2 is 1.90 bits per heavy atom. The number of nitrogens with two attached hydrogens (primary N) is 1. The van der Waals surface area contributed by atoms with Gasteiger partial charge in [0.25, 0.3) is 0 Å². The van der Waals surface area contributed by atoms with E-state index >= 15 is 0 Å². The van der Waals surface area contributed by atoms with E-state index < -0.39 is 0 Å². The number of nitriles is 1. The first-order valence-corrected chi connectivity index (χ1v) is 9.79. The molecular formula is C20H12ClN7S. The smallest absolute Gasteiger partial charge is 0.177 e. The van der Waals surface area contributed by atoms with E-state index in [4.69, 9.17) is 17.3 Å². The summed E-state index contributed by atoms with van der Waals surface area (Å²) < 4.78 is 2.61. The Balaban J connectivity index is 1.62. The molecule has 3 N–H and O–H groups in total. The highest BCUT2D eigenvalue weighted by Gasteiger charge is 2.18. The van der Waals surface area contributed by atoms with Gasteiger partial charge in [0.2, 0.25) is 0 Å². The number of fused-ring (bicyclic) bond motifs is 2. The number of nitrogens with one attached hydrogen (secondary N) is 1. The number of aromatic nitrogens is 4. The molecule has 0 radical (unpaired) electrons. The van der Waals surface area contributed by atoms with Gasteiger partial charge in [0, 0.05) is 16.9 Å². The lowest BCUT2D eigenvalue weighted by Gasteiger charge is -2.02. The molecule has 0 saturated heterocycles. The van der Waals surface area contributed by atoms with Gasteiger partial charge in [-0.3, -0.25) is 0 Å². The van der Waals surface area contributed by atoms with E-state index in [2.05, 4.69) is 26.5 Å². The van der Waals surface area contributed by atoms with Crippen molar-refractivity contribution in [2.24, 2.45) is 0 Å². The number of halogens is 1. The maximum atomic E-state index is 9.64. The third kappa shape index (κ3) is 3.02. The molecule has 5 rings (SSSR count). The maximum absolute atomic E-state index is 9.64. The quantitative estimate of drug-likeness (QED) is 0.434. The molecule has 9 heteroatoms. The lowest BCUT2D eigenvalue weighted by atomic mass is 10.2. The van der Waals surface area contributed by atoms with E-state index in [9.17, 15) is 5.26 Å². The topological polar surface area (TPSA) is 105 Å². The van der Waals surface area contributed by atoms with Gasteiger partial charge >= 0.3 is 0 Å². The van der Waals surface area contributed by atoms with Gasteiger partial charge in [-0.05, 0) is 36.4 Å². The Morgan fingerprint density at radius 3 is 2.66 bits per heavy atom. The van der Waals surface area contributed by atoms with Crippen LogP contribution >= 0.6 is 22.9 Å². The summed E-state index contributed by atoms with van der Waals surface area (Å²) in [4.78, 5) is 9.07. The Kier molecular flexibility index (Phi) is 4.05. The standard InChI is InChI=1S/C20H12ClN7S/c21-11-5-7-12(8-6-11)24-18-13(9-22)19-26-17(23)14(10-28(19)27-18)20-25-15-3-1-2-4-16(15)29-20/h1-8,10H,(H2,23,26)(H,24,27). The summed E-state index contributed by atoms with van der Waals surface area (Å²) in [5.41, 5.74) is 9.23. The first-order valence-electron chi connectivity index (χ1n) is 8.60. The SMILES string of the molecule is N#Cc1c(Nc2ccc(Cl)cc2)nn2cc(-c3nc4ccccc4s3)c(N)nc12. The molecule has 0 aliphatic rings. The van der Waals surface area contributed by atoms with Gasteiger partial charge in [0.15, 0.2) is 11.5 Å². The summed E-state index contributed by atoms with van der Waals surface area (Å²) in [7, 11) is 0. The van der Waals surface area contributed by atoms with Crippen molar-refractivity contribution in [3.05, 3.63) is 65.3 Å². The Bertz CT molecular complexity index is 1380. The fourth-order valence-electron chi connectivity index (χ4n) is 3.00. The number of hydrogen-bond acceptors (Lipinski definition) is 7. The Hall–Kier alpha value is -3.67. The molecule has 0 aliphatic carbocycles. The van der Waals surface area contributed by atoms with Crippen molar-refractivity contribution in [1.82, 2.24) is 19.6 Å². The van der Waals surface area contributed by atoms with Crippen LogP contribution in [0.15, 0.2) is 54.7 Å². The van der Waals surface area contributed by atoms with Crippen molar-refractivity contribution in [2.45, 2.75) is 0 Å². The van der Waals surface area contributed by atoms with Gasteiger partial charge in [-0.15, -0.1) is 16.4 Å². The van der Waals surface area contributed by atoms with Gasteiger partial charge in [0.1, 0.15) is 22.5 Å². The van der Waals surface area contributed by atoms with Gasteiger partial charge in [-0.1, -0.05) is 23.7 Å². The van der Waals surface area contributed by atoms with Crippen LogP contribution in [0.1, 0.15) is 5.56 Å². The minimum absolute atomic E-state index is 0.297. The van der Waals surface area contributed by atoms with E-state index in [1.165, 1.54) is 11.3 Å². The van der Waals surface area contributed by atoms with E-state index in [1.54, 1.807) is 22.8 Å². The van der Waals surface area contributed by atoms with Crippen LogP contribution in [0.3, 0.4) is 0 Å². The molecule has 5 aromatic rings. The maximum Gasteiger partial charge on any atom is 0.177 e. The highest BCUT2D eigenvalue weighted by atomic mass is 35.5. The molecule has 29 heavy (non-hydrogen) atoms. The molecule has 0 aliphatic heterocycles. The van der Waals surface area contributed by atoms with Crippen molar-refractivity contribution < 1.29 is 0 Å². The fraction of sp³-hybridized carbons (Fsp3) is 0. The van der Waals surface area contributed by atoms with Crippen LogP contribution in [-0.4, -0.2) is 19.6 Å². The van der Waals surface area contributed by atoms with Crippen LogP contribution in [0.2, 0.25) is 5.02 Å². The largest absolute Gasteiger partial charge is 0.383 e. The van der Waals surface area contributed by atoms with E-state index in [0.29, 0.717) is 33.4 Å². The second-order valence-electron chi connectivity index (χ2n) is 6.26. The summed E-state index contributed by atoms with van der Waals surface area (Å²) >= 11 is 7.46. The van der Waals surface area contributed by atoms with Gasteiger partial charge in [-0.2, -0.15) is 5.26 Å². The molecule has 140 valence electrons. The predicted octanol–water partition coefficient (Wildman–Crippen LogP) is 4.86. The average Bonchev–Trinajstić information content (AvgIpc) is 3.29. The first kappa shape index (κ1) is 17.4. The van der Waals surface area contributed by atoms with Crippen molar-refractivity contribution in [1.29, 1.82) is 5.26 Å². The average molecular weight is 418 g/mol. The molecular weight excluding hydrogens is 406 g/mol. The molecule has 3 aromatic heterocycles. The van der Waals surface area contributed by atoms with Crippen LogP contribution < -0.4 is 11.1 Å². The van der Waals surface area contributed by atoms with E-state index in [1.807, 2.05) is 36.4 Å². The minimum atomic E-state index is 0.297. The van der Waals surface area contributed by atoms with Crippen molar-refractivity contribution in [3.63, 3.8) is 0 Å². The zero-order valence-electron chi connectivity index (χ0n) is 14.8. The molecule has 0 amide bonds. The summed E-state index contributed by atoms with van der Waals surface area (Å²) in [6, 6.07) is 17.2. The number of para-hydroxylation sites is 1. The lowest BCUT2D eigenvalue weighted by Crippen LogP contribution is -1.99. The Morgan fingerprint density at radius 1 is 1.10 bits per heavy atom. The van der Waals surface area contributed by atoms with Crippen LogP contribution in [0.5, 0.6) is 0 Å². The number of benzene rings is 2. The second kappa shape index (κ2) is 6.74. The van der Waals surface area contributed by atoms with Crippen molar-refractivity contribution >= 4 is 56.1 Å². The van der Waals surface area contributed by atoms with Crippen LogP contribution in [-0.2, 0) is 0 Å². The summed E-state index contributed by atoms with van der Waals surface area (Å²) in [6.07, 6.45) is 1.75. The van der Waals surface area contributed by atoms with Gasteiger partial charge in [0.05, 0.1) is 15.8 Å². The van der Waals surface area contributed by atoms with E-state index in [-0.39, 0.29) is 0 Å². The summed E-state index contributed by atoms with van der Waals surface area (Å²) in [5.74, 6) is 0.689. The molecule has 0 unspecified atom stereocenters. The molecule has 0 saturated carbocycles. The van der Waals surface area contributed by atoms with E-state index in [0.717, 1.165) is 20.9 Å². The van der Waals surface area contributed by atoms with Gasteiger partial charge < -0.3 is 11.1 Å². The van der Waals surface area contributed by atoms with Crippen LogP contribution in [0.25, 0.3) is 26.4 Å². The number of hydrogen-bond donors (Lipinski definition) is 2. The highest BCUT2D eigenvalue weighted by molar-refractivity contribution is 7.21. The zero-order chi connectivity index (χ0) is 20.0. The number of thiazole rings is 1. The first-order chi connectivity index (χ1) is 14.1. The summed E-state index contributed by atoms with van der Waals surface area (Å²) in [5, 5.41) is 18.6. The van der Waals surface area contributed by atoms with Crippen molar-refractivity contribution in [3.8, 4) is 16.6 Å². The highest BCUT2D eigenvalue weighted by Crippen LogP contribution is 2.34. The van der Waals surface area contributed by atoms with Crippen LogP contribution in [0, 0.1) is 11.3 Å². The summed E-state index contributed by atoms with van der Waals surface area (Å²) in [6.45, 7) is 0. The molecule has 0 spiro atoms. The number of nitrogens with zero attached hydrogens (tertiary/aromatic N) is 5. The third-order valence-electron chi connectivity index (χ3n) is 4.38. The Labute approximate surface area is 174 Å². The molecule has 7 nitrogen and oxygen atoms in total. The number of anilines is 3. The second-order valence-corrected chi connectivity index (χ2v) is 7.73.